The summed E-state index contributed by atoms with van der Waals surface area (Å²) in [5.74, 6) is 0.402. The molecule has 0 atom stereocenters. The first-order valence-electron chi connectivity index (χ1n) is 8.13. The molecule has 1 aromatic rings. The number of esters is 1. The summed E-state index contributed by atoms with van der Waals surface area (Å²) in [4.78, 5) is 12.0. The molecule has 0 amide bonds. The highest BCUT2D eigenvalue weighted by Gasteiger charge is 2.32. The fraction of sp³-hybridized carbons (Fsp3) is 0.611. The number of benzene rings is 1. The molecule has 0 heterocycles. The summed E-state index contributed by atoms with van der Waals surface area (Å²) in [7, 11) is 1.94. The van der Waals surface area contributed by atoms with Gasteiger partial charge in [0.1, 0.15) is 5.75 Å². The van der Waals surface area contributed by atoms with Crippen molar-refractivity contribution in [2.24, 2.45) is 0 Å². The molecule has 1 aromatic carbocycles. The molecule has 5 nitrogen and oxygen atoms in total. The smallest absolute Gasteiger partial charge is 0.349 e. The van der Waals surface area contributed by atoms with Crippen LogP contribution in [0.2, 0.25) is 0 Å². The van der Waals surface area contributed by atoms with E-state index in [2.05, 4.69) is 22.8 Å². The Bertz CT molecular complexity index is 504. The highest BCUT2D eigenvalue weighted by molar-refractivity contribution is 5.79. The van der Waals surface area contributed by atoms with E-state index in [1.807, 2.05) is 20.9 Å². The third-order valence-electron chi connectivity index (χ3n) is 3.53. The molecule has 0 spiro atoms. The largest absolute Gasteiger partial charge is 0.476 e. The molecule has 0 aliphatic carbocycles. The summed E-state index contributed by atoms with van der Waals surface area (Å²) in [6, 6.07) is 4.19. The third-order valence-corrected chi connectivity index (χ3v) is 3.53. The van der Waals surface area contributed by atoms with Gasteiger partial charge in [0, 0.05) is 19.6 Å². The minimum absolute atomic E-state index is 0.348. The molecule has 0 aliphatic rings. The van der Waals surface area contributed by atoms with E-state index in [4.69, 9.17) is 9.47 Å². The molecule has 0 unspecified atom stereocenters. The fourth-order valence-electron chi connectivity index (χ4n) is 2.35. The number of carbonyl (C=O) groups excluding carboxylic acids is 1. The summed E-state index contributed by atoms with van der Waals surface area (Å²) >= 11 is 0. The summed E-state index contributed by atoms with van der Waals surface area (Å²) in [5.41, 5.74) is 2.25. The molecule has 1 rings (SSSR count). The summed E-state index contributed by atoms with van der Waals surface area (Å²) in [5, 5.41) is 6.49. The van der Waals surface area contributed by atoms with Gasteiger partial charge in [-0.3, -0.25) is 0 Å². The van der Waals surface area contributed by atoms with Gasteiger partial charge < -0.3 is 20.1 Å². The predicted molar refractivity (Wildman–Crippen MR) is 92.9 cm³/mol. The Morgan fingerprint density at radius 1 is 1.17 bits per heavy atom. The van der Waals surface area contributed by atoms with Crippen LogP contribution in [0.15, 0.2) is 12.1 Å². The van der Waals surface area contributed by atoms with E-state index in [1.165, 1.54) is 5.56 Å². The second-order valence-corrected chi connectivity index (χ2v) is 6.17. The van der Waals surface area contributed by atoms with Crippen LogP contribution in [0.25, 0.3) is 0 Å². The molecule has 0 bridgehead atoms. The number of nitrogens with one attached hydrogen (secondary N) is 2. The van der Waals surface area contributed by atoms with E-state index < -0.39 is 5.60 Å². The highest BCUT2D eigenvalue weighted by atomic mass is 16.6. The van der Waals surface area contributed by atoms with Gasteiger partial charge in [0.05, 0.1) is 6.61 Å². The minimum Gasteiger partial charge on any atom is -0.476 e. The first kappa shape index (κ1) is 19.5. The number of hydrogen-bond acceptors (Lipinski definition) is 5. The number of carbonyl (C=O) groups is 1. The Morgan fingerprint density at radius 2 is 1.78 bits per heavy atom. The zero-order chi connectivity index (χ0) is 17.5. The Hall–Kier alpha value is -1.59. The molecule has 0 saturated heterocycles. The molecule has 0 saturated carbocycles. The van der Waals surface area contributed by atoms with Gasteiger partial charge in [0.25, 0.3) is 0 Å². The standard InChI is InChI=1S/C18H30N2O3/c1-7-22-17(21)18(4,5)23-16-13(2)10-15(11-14(16)3)12-20-9-8-19-6/h10-11,19-20H,7-9,12H2,1-6H3. The normalized spacial score (nSPS) is 11.4. The van der Waals surface area contributed by atoms with Crippen molar-refractivity contribution in [3.05, 3.63) is 28.8 Å². The molecular weight excluding hydrogens is 292 g/mol. The maximum Gasteiger partial charge on any atom is 0.349 e. The lowest BCUT2D eigenvalue weighted by atomic mass is 10.0. The number of hydrogen-bond donors (Lipinski definition) is 2. The molecular formula is C18H30N2O3. The van der Waals surface area contributed by atoms with Crippen molar-refractivity contribution < 1.29 is 14.3 Å². The van der Waals surface area contributed by atoms with Crippen LogP contribution in [-0.4, -0.2) is 38.3 Å². The van der Waals surface area contributed by atoms with E-state index in [0.29, 0.717) is 6.61 Å². The van der Waals surface area contributed by atoms with Gasteiger partial charge >= 0.3 is 5.97 Å². The van der Waals surface area contributed by atoms with Gasteiger partial charge in [-0.25, -0.2) is 4.79 Å². The second kappa shape index (κ2) is 8.89. The molecule has 0 radical (unpaired) electrons. The van der Waals surface area contributed by atoms with Crippen molar-refractivity contribution in [1.29, 1.82) is 0 Å². The number of likely N-dealkylation sites (N-methyl/N-ethyl adjacent to an activating group) is 1. The van der Waals surface area contributed by atoms with Crippen LogP contribution in [0, 0.1) is 13.8 Å². The summed E-state index contributed by atoms with van der Waals surface area (Å²) in [6.07, 6.45) is 0. The van der Waals surface area contributed by atoms with E-state index in [1.54, 1.807) is 20.8 Å². The van der Waals surface area contributed by atoms with Gasteiger partial charge in [-0.15, -0.1) is 0 Å². The monoisotopic (exact) mass is 322 g/mol. The van der Waals surface area contributed by atoms with Gasteiger partial charge in [-0.05, 0) is 58.4 Å². The van der Waals surface area contributed by atoms with Crippen molar-refractivity contribution in [3.8, 4) is 5.75 Å². The predicted octanol–water partition coefficient (Wildman–Crippen LogP) is 2.33. The SMILES string of the molecule is CCOC(=O)C(C)(C)Oc1c(C)cc(CNCCNC)cc1C. The Morgan fingerprint density at radius 3 is 2.30 bits per heavy atom. The van der Waals surface area contributed by atoms with Crippen LogP contribution in [0.5, 0.6) is 5.75 Å². The molecule has 2 N–H and O–H groups in total. The van der Waals surface area contributed by atoms with E-state index in [-0.39, 0.29) is 5.97 Å². The molecule has 5 heteroatoms. The zero-order valence-corrected chi connectivity index (χ0v) is 15.2. The lowest BCUT2D eigenvalue weighted by molar-refractivity contribution is -0.158. The maximum atomic E-state index is 12.0. The minimum atomic E-state index is -1.00. The van der Waals surface area contributed by atoms with Gasteiger partial charge in [-0.2, -0.15) is 0 Å². The van der Waals surface area contributed by atoms with Crippen LogP contribution in [-0.2, 0) is 16.1 Å². The molecule has 130 valence electrons. The van der Waals surface area contributed by atoms with Crippen LogP contribution >= 0.6 is 0 Å². The maximum absolute atomic E-state index is 12.0. The Kier molecular flexibility index (Phi) is 7.52. The first-order chi connectivity index (χ1) is 10.8. The Balaban J connectivity index is 2.83. The van der Waals surface area contributed by atoms with Crippen molar-refractivity contribution in [1.82, 2.24) is 10.6 Å². The highest BCUT2D eigenvalue weighted by Crippen LogP contribution is 2.29. The molecule has 23 heavy (non-hydrogen) atoms. The number of rotatable bonds is 9. The van der Waals surface area contributed by atoms with E-state index in [0.717, 1.165) is 36.5 Å². The van der Waals surface area contributed by atoms with Crippen LogP contribution < -0.4 is 15.4 Å². The van der Waals surface area contributed by atoms with E-state index >= 15 is 0 Å². The van der Waals surface area contributed by atoms with Crippen LogP contribution in [0.4, 0.5) is 0 Å². The number of ether oxygens (including phenoxy) is 2. The average Bonchev–Trinajstić information content (AvgIpc) is 2.48. The summed E-state index contributed by atoms with van der Waals surface area (Å²) in [6.45, 7) is 12.3. The second-order valence-electron chi connectivity index (χ2n) is 6.17. The third kappa shape index (κ3) is 5.84. The van der Waals surface area contributed by atoms with Crippen molar-refractivity contribution in [2.45, 2.75) is 46.8 Å². The quantitative estimate of drug-likeness (QED) is 0.540. The van der Waals surface area contributed by atoms with Crippen molar-refractivity contribution in [2.75, 3.05) is 26.7 Å². The topological polar surface area (TPSA) is 59.6 Å². The lowest BCUT2D eigenvalue weighted by Crippen LogP contribution is -2.40. The van der Waals surface area contributed by atoms with Gasteiger partial charge in [0.15, 0.2) is 5.60 Å². The fourth-order valence-corrected chi connectivity index (χ4v) is 2.35. The number of aryl methyl sites for hydroxylation is 2. The van der Waals surface area contributed by atoms with Gasteiger partial charge in [0.2, 0.25) is 0 Å². The summed E-state index contributed by atoms with van der Waals surface area (Å²) < 4.78 is 11.0. The molecule has 0 fully saturated rings. The van der Waals surface area contributed by atoms with Crippen molar-refractivity contribution in [3.63, 3.8) is 0 Å². The average molecular weight is 322 g/mol. The van der Waals surface area contributed by atoms with Crippen LogP contribution in [0.1, 0.15) is 37.5 Å². The molecule has 0 aromatic heterocycles. The van der Waals surface area contributed by atoms with E-state index in [9.17, 15) is 4.79 Å². The zero-order valence-electron chi connectivity index (χ0n) is 15.2. The van der Waals surface area contributed by atoms with Crippen molar-refractivity contribution >= 4 is 5.97 Å². The Labute approximate surface area is 139 Å². The first-order valence-corrected chi connectivity index (χ1v) is 8.13. The van der Waals surface area contributed by atoms with Crippen LogP contribution in [0.3, 0.4) is 0 Å². The molecule has 0 aliphatic heterocycles. The lowest BCUT2D eigenvalue weighted by Gasteiger charge is -2.26. The van der Waals surface area contributed by atoms with Gasteiger partial charge in [-0.1, -0.05) is 12.1 Å².